The molecule has 0 spiro atoms. The monoisotopic (exact) mass is 326 g/mol. The lowest BCUT2D eigenvalue weighted by molar-refractivity contribution is 0.288. The second-order valence-electron chi connectivity index (χ2n) is 4.08. The van der Waals surface area contributed by atoms with Crippen LogP contribution >= 0.6 is 15.2 Å². The van der Waals surface area contributed by atoms with E-state index in [0.717, 1.165) is 5.56 Å². The molecular weight excluding hydrogens is 310 g/mol. The summed E-state index contributed by atoms with van der Waals surface area (Å²) in [4.78, 5) is 39.6. The Morgan fingerprint density at radius 1 is 1.15 bits per heavy atom. The van der Waals surface area contributed by atoms with Crippen LogP contribution in [0.4, 0.5) is 5.82 Å². The van der Waals surface area contributed by atoms with E-state index in [4.69, 9.17) is 24.7 Å². The summed E-state index contributed by atoms with van der Waals surface area (Å²) in [6, 6.07) is 2.94. The first-order chi connectivity index (χ1) is 9.14. The second-order valence-corrected chi connectivity index (χ2v) is 7.87. The van der Waals surface area contributed by atoms with Crippen LogP contribution in [0, 0.1) is 0 Å². The number of rotatable bonds is 7. The Labute approximate surface area is 115 Å². The van der Waals surface area contributed by atoms with E-state index in [1.54, 1.807) is 6.07 Å². The summed E-state index contributed by atoms with van der Waals surface area (Å²) in [5, 5.41) is 10.7. The van der Waals surface area contributed by atoms with Crippen LogP contribution in [0.5, 0.6) is 0 Å². The van der Waals surface area contributed by atoms with Crippen molar-refractivity contribution in [2.75, 3.05) is 11.9 Å². The van der Waals surface area contributed by atoms with Crippen LogP contribution in [0.25, 0.3) is 0 Å². The molecule has 0 atom stereocenters. The van der Waals surface area contributed by atoms with E-state index in [1.807, 2.05) is 0 Å². The third kappa shape index (κ3) is 5.30. The lowest BCUT2D eigenvalue weighted by Crippen LogP contribution is -2.20. The summed E-state index contributed by atoms with van der Waals surface area (Å²) in [5.41, 5.74) is -1.54. The molecule has 0 radical (unpaired) electrons. The van der Waals surface area contributed by atoms with Crippen molar-refractivity contribution in [2.45, 2.75) is 18.4 Å². The van der Waals surface area contributed by atoms with Crippen LogP contribution in [-0.4, -0.2) is 41.8 Å². The highest BCUT2D eigenvalue weighted by molar-refractivity contribution is 7.71. The number of anilines is 1. The Morgan fingerprint density at radius 2 is 1.75 bits per heavy atom. The van der Waals surface area contributed by atoms with Gasteiger partial charge in [-0.3, -0.25) is 9.13 Å². The molecule has 0 aromatic carbocycles. The van der Waals surface area contributed by atoms with Crippen LogP contribution in [0.1, 0.15) is 12.0 Å². The molecule has 114 valence electrons. The van der Waals surface area contributed by atoms with E-state index in [2.05, 4.69) is 10.3 Å². The van der Waals surface area contributed by atoms with E-state index in [9.17, 15) is 9.13 Å². The van der Waals surface area contributed by atoms with Gasteiger partial charge in [-0.2, -0.15) is 0 Å². The Kier molecular flexibility index (Phi) is 5.85. The van der Waals surface area contributed by atoms with Gasteiger partial charge in [0, 0.05) is 12.8 Å². The first-order valence-corrected chi connectivity index (χ1v) is 8.93. The zero-order valence-corrected chi connectivity index (χ0v) is 12.1. The van der Waals surface area contributed by atoms with Gasteiger partial charge in [0.15, 0.2) is 0 Å². The van der Waals surface area contributed by atoms with Gasteiger partial charge in [-0.1, -0.05) is 6.07 Å². The van der Waals surface area contributed by atoms with Crippen molar-refractivity contribution in [3.63, 3.8) is 0 Å². The van der Waals surface area contributed by atoms with Crippen molar-refractivity contribution in [3.8, 4) is 0 Å². The molecule has 0 saturated carbocycles. The van der Waals surface area contributed by atoms with Gasteiger partial charge in [-0.05, 0) is 24.5 Å². The van der Waals surface area contributed by atoms with Gasteiger partial charge in [-0.15, -0.1) is 0 Å². The Hall–Kier alpha value is -0.790. The largest absolute Gasteiger partial charge is 0.396 e. The molecule has 11 heteroatoms. The summed E-state index contributed by atoms with van der Waals surface area (Å²) in [7, 11) is -10.1. The Bertz CT molecular complexity index is 502. The van der Waals surface area contributed by atoms with Crippen molar-refractivity contribution < 1.29 is 33.8 Å². The molecule has 20 heavy (non-hydrogen) atoms. The van der Waals surface area contributed by atoms with Crippen LogP contribution in [0.2, 0.25) is 0 Å². The number of aliphatic hydroxyl groups is 1. The molecule has 1 heterocycles. The van der Waals surface area contributed by atoms with E-state index in [1.165, 1.54) is 12.3 Å². The minimum absolute atomic E-state index is 0.0263. The van der Waals surface area contributed by atoms with Gasteiger partial charge in [0.05, 0.1) is 0 Å². The molecule has 0 saturated heterocycles. The van der Waals surface area contributed by atoms with Crippen molar-refractivity contribution in [2.24, 2.45) is 0 Å². The number of hydrogen-bond donors (Lipinski definition) is 6. The van der Waals surface area contributed by atoms with Crippen LogP contribution in [0.15, 0.2) is 18.3 Å². The number of aliphatic hydroxyl groups excluding tert-OH is 1. The van der Waals surface area contributed by atoms with Crippen molar-refractivity contribution in [1.82, 2.24) is 4.98 Å². The van der Waals surface area contributed by atoms with Gasteiger partial charge >= 0.3 is 15.2 Å². The average molecular weight is 326 g/mol. The van der Waals surface area contributed by atoms with Gasteiger partial charge < -0.3 is 30.0 Å². The van der Waals surface area contributed by atoms with Crippen LogP contribution in [0.3, 0.4) is 0 Å². The number of aromatic nitrogens is 1. The highest BCUT2D eigenvalue weighted by atomic mass is 31.2. The lowest BCUT2D eigenvalue weighted by Gasteiger charge is -2.21. The molecule has 0 aliphatic rings. The van der Waals surface area contributed by atoms with Crippen LogP contribution < -0.4 is 5.32 Å². The second kappa shape index (κ2) is 6.78. The predicted molar refractivity (Wildman–Crippen MR) is 71.1 cm³/mol. The topological polar surface area (TPSA) is 160 Å². The number of nitrogens with zero attached hydrogens (tertiary/aromatic N) is 1. The molecule has 0 unspecified atom stereocenters. The molecule has 1 aromatic heterocycles. The summed E-state index contributed by atoms with van der Waals surface area (Å²) in [6.07, 6.45) is 2.51. The maximum atomic E-state index is 11.1. The van der Waals surface area contributed by atoms with E-state index < -0.39 is 20.7 Å². The van der Waals surface area contributed by atoms with Gasteiger partial charge in [0.2, 0.25) is 5.52 Å². The molecule has 6 N–H and O–H groups in total. The number of hydrogen-bond acceptors (Lipinski definition) is 5. The summed E-state index contributed by atoms with van der Waals surface area (Å²) in [5.74, 6) is -0.0607. The zero-order chi connectivity index (χ0) is 15.4. The SMILES string of the molecule is O=P(O)(O)C(Nc1ccc(CCCO)cn1)P(=O)(O)O. The Morgan fingerprint density at radius 3 is 2.15 bits per heavy atom. The van der Waals surface area contributed by atoms with Gasteiger partial charge in [-0.25, -0.2) is 4.98 Å². The molecule has 0 bridgehead atoms. The molecule has 1 rings (SSSR count). The number of pyridine rings is 1. The third-order valence-corrected chi connectivity index (χ3v) is 5.70. The van der Waals surface area contributed by atoms with E-state index in [-0.39, 0.29) is 12.4 Å². The summed E-state index contributed by atoms with van der Waals surface area (Å²) >= 11 is 0. The molecule has 1 aromatic rings. The minimum atomic E-state index is -5.04. The van der Waals surface area contributed by atoms with Gasteiger partial charge in [0.1, 0.15) is 5.82 Å². The molecule has 0 aliphatic carbocycles. The highest BCUT2D eigenvalue weighted by Gasteiger charge is 2.43. The van der Waals surface area contributed by atoms with Crippen molar-refractivity contribution in [3.05, 3.63) is 23.9 Å². The summed E-state index contributed by atoms with van der Waals surface area (Å²) < 4.78 is 22.1. The normalized spacial score (nSPS) is 12.7. The maximum Gasteiger partial charge on any atom is 0.360 e. The maximum absolute atomic E-state index is 11.1. The first kappa shape index (κ1) is 17.3. The fourth-order valence-corrected chi connectivity index (χ4v) is 3.61. The standard InChI is InChI=1S/C9H16N2O7P2/c12-5-1-2-7-3-4-8(10-6-7)11-9(19(13,14)15)20(16,17)18/h3-4,6,9,12H,1-2,5H2,(H,10,11)(H2,13,14,15)(H2,16,17,18). The fourth-order valence-electron chi connectivity index (χ4n) is 1.44. The smallest absolute Gasteiger partial charge is 0.360 e. The number of aryl methyl sites for hydroxylation is 1. The predicted octanol–water partition coefficient (Wildman–Crippen LogP) is 0.0574. The molecule has 0 amide bonds. The van der Waals surface area contributed by atoms with Crippen LogP contribution in [-0.2, 0) is 15.6 Å². The molecule has 0 aliphatic heterocycles. The summed E-state index contributed by atoms with van der Waals surface area (Å²) in [6.45, 7) is 0.0263. The molecule has 0 fully saturated rings. The molecule has 9 nitrogen and oxygen atoms in total. The lowest BCUT2D eigenvalue weighted by atomic mass is 10.2. The van der Waals surface area contributed by atoms with Gasteiger partial charge in [0.25, 0.3) is 0 Å². The highest BCUT2D eigenvalue weighted by Crippen LogP contribution is 2.59. The first-order valence-electron chi connectivity index (χ1n) is 5.57. The third-order valence-electron chi connectivity index (χ3n) is 2.36. The van der Waals surface area contributed by atoms with Crippen molar-refractivity contribution >= 4 is 21.0 Å². The minimum Gasteiger partial charge on any atom is -0.396 e. The molecular formula is C9H16N2O7P2. The Balaban J connectivity index is 2.85. The quantitative estimate of drug-likeness (QED) is 0.381. The fraction of sp³-hybridized carbons (Fsp3) is 0.444. The van der Waals surface area contributed by atoms with E-state index >= 15 is 0 Å². The van der Waals surface area contributed by atoms with E-state index in [0.29, 0.717) is 12.8 Å². The zero-order valence-electron chi connectivity index (χ0n) is 10.3. The average Bonchev–Trinajstić information content (AvgIpc) is 2.32. The number of nitrogens with one attached hydrogen (secondary N) is 1. The van der Waals surface area contributed by atoms with Crippen molar-refractivity contribution in [1.29, 1.82) is 0 Å².